The van der Waals surface area contributed by atoms with Gasteiger partial charge in [-0.2, -0.15) is 4.98 Å². The van der Waals surface area contributed by atoms with E-state index in [0.717, 1.165) is 31.7 Å². The number of halogens is 3. The molecule has 3 aromatic rings. The second-order valence-corrected chi connectivity index (χ2v) is 8.97. The van der Waals surface area contributed by atoms with Crippen LogP contribution in [0.5, 0.6) is 5.75 Å². The molecule has 0 bridgehead atoms. The van der Waals surface area contributed by atoms with Crippen LogP contribution in [0.1, 0.15) is 42.1 Å². The quantitative estimate of drug-likeness (QED) is 0.580. The molecule has 1 saturated heterocycles. The van der Waals surface area contributed by atoms with E-state index in [2.05, 4.69) is 29.9 Å². The first kappa shape index (κ1) is 23.3. The number of hydrogen-bond donors (Lipinski definition) is 1. The van der Waals surface area contributed by atoms with Crippen LogP contribution >= 0.6 is 0 Å². The van der Waals surface area contributed by atoms with Crippen molar-refractivity contribution in [1.82, 2.24) is 29.3 Å². The average molecular weight is 490 g/mol. The molecule has 0 radical (unpaired) electrons. The van der Waals surface area contributed by atoms with Gasteiger partial charge in [-0.1, -0.05) is 12.8 Å². The number of anilines is 2. The minimum absolute atomic E-state index is 0.00327. The molecule has 1 amide bonds. The van der Waals surface area contributed by atoms with Crippen LogP contribution in [0.15, 0.2) is 30.7 Å². The van der Waals surface area contributed by atoms with E-state index in [1.165, 1.54) is 18.3 Å². The van der Waals surface area contributed by atoms with Crippen molar-refractivity contribution < 1.29 is 22.7 Å². The summed E-state index contributed by atoms with van der Waals surface area (Å²) < 4.78 is 45.8. The number of imidazole rings is 1. The monoisotopic (exact) mass is 489 g/mol. The third-order valence-corrected chi connectivity index (χ3v) is 6.53. The Balaban J connectivity index is 1.43. The van der Waals surface area contributed by atoms with E-state index in [1.807, 2.05) is 11.6 Å². The zero-order chi connectivity index (χ0) is 24.6. The minimum atomic E-state index is -4.93. The predicted molar refractivity (Wildman–Crippen MR) is 123 cm³/mol. The van der Waals surface area contributed by atoms with Crippen LogP contribution in [-0.4, -0.2) is 74.8 Å². The lowest BCUT2D eigenvalue weighted by Gasteiger charge is -2.32. The van der Waals surface area contributed by atoms with Crippen LogP contribution in [0.3, 0.4) is 0 Å². The summed E-state index contributed by atoms with van der Waals surface area (Å²) in [7, 11) is 1.96. The van der Waals surface area contributed by atoms with Crippen molar-refractivity contribution in [2.24, 2.45) is 0 Å². The van der Waals surface area contributed by atoms with Gasteiger partial charge in [0.15, 0.2) is 11.4 Å². The number of carbonyl (C=O) groups is 1. The molecule has 1 aliphatic carbocycles. The molecule has 1 aliphatic heterocycles. The van der Waals surface area contributed by atoms with Crippen LogP contribution in [-0.2, 0) is 0 Å². The Hall–Kier alpha value is -3.41. The number of ether oxygens (including phenoxy) is 1. The number of nitrogens with one attached hydrogen (secondary N) is 1. The van der Waals surface area contributed by atoms with Gasteiger partial charge in [-0.05, 0) is 38.1 Å². The van der Waals surface area contributed by atoms with Crippen molar-refractivity contribution in [3.05, 3.63) is 36.3 Å². The van der Waals surface area contributed by atoms with Crippen molar-refractivity contribution in [2.75, 3.05) is 38.5 Å². The Bertz CT molecular complexity index is 1220. The van der Waals surface area contributed by atoms with Crippen LogP contribution in [0, 0.1) is 0 Å². The van der Waals surface area contributed by atoms with Gasteiger partial charge in [0.1, 0.15) is 5.52 Å². The lowest BCUT2D eigenvalue weighted by molar-refractivity contribution is -0.274. The SMILES string of the molecule is CN1CCN(C(=O)c2ccc(Nc3ncc4ncn(C5CCCC5)c4n3)c(OC(F)(F)F)c2)CC1. The van der Waals surface area contributed by atoms with Crippen LogP contribution in [0.2, 0.25) is 0 Å². The first-order valence-corrected chi connectivity index (χ1v) is 11.6. The molecule has 0 spiro atoms. The number of alkyl halides is 3. The Morgan fingerprint density at radius 1 is 1.11 bits per heavy atom. The van der Waals surface area contributed by atoms with E-state index in [4.69, 9.17) is 0 Å². The number of piperazine rings is 1. The summed E-state index contributed by atoms with van der Waals surface area (Å²) in [6.07, 6.45) is 2.67. The summed E-state index contributed by atoms with van der Waals surface area (Å²) in [6.45, 7) is 2.42. The fraction of sp³-hybridized carbons (Fsp3) is 0.478. The molecule has 12 heteroatoms. The molecule has 2 aliphatic rings. The first-order chi connectivity index (χ1) is 16.8. The second-order valence-electron chi connectivity index (χ2n) is 8.97. The maximum atomic E-state index is 13.2. The standard InChI is InChI=1S/C23H26F3N7O2/c1-31-8-10-32(11-9-31)21(34)15-6-7-17(19(12-15)35-23(24,25)26)29-22-27-13-18-20(30-22)33(14-28-18)16-4-2-3-5-16/h6-7,12-14,16H,2-5,8-11H2,1H3,(H,27,29,30). The van der Waals surface area contributed by atoms with Gasteiger partial charge in [0.25, 0.3) is 5.91 Å². The van der Waals surface area contributed by atoms with Crippen LogP contribution in [0.25, 0.3) is 11.2 Å². The van der Waals surface area contributed by atoms with Gasteiger partial charge in [0.2, 0.25) is 5.95 Å². The summed E-state index contributed by atoms with van der Waals surface area (Å²) in [5.41, 5.74) is 1.36. The Morgan fingerprint density at radius 3 is 2.57 bits per heavy atom. The number of amides is 1. The molecule has 186 valence electrons. The van der Waals surface area contributed by atoms with Gasteiger partial charge < -0.3 is 24.4 Å². The predicted octanol–water partition coefficient (Wildman–Crippen LogP) is 3.97. The molecule has 5 rings (SSSR count). The summed E-state index contributed by atoms with van der Waals surface area (Å²) in [4.78, 5) is 29.7. The molecule has 1 saturated carbocycles. The molecule has 0 atom stereocenters. The number of fused-ring (bicyclic) bond motifs is 1. The Labute approximate surface area is 199 Å². The molecule has 2 fully saturated rings. The van der Waals surface area contributed by atoms with E-state index >= 15 is 0 Å². The topological polar surface area (TPSA) is 88.4 Å². The zero-order valence-electron chi connectivity index (χ0n) is 19.3. The third kappa shape index (κ3) is 5.16. The van der Waals surface area contributed by atoms with Crippen molar-refractivity contribution in [3.63, 3.8) is 0 Å². The fourth-order valence-electron chi connectivity index (χ4n) is 4.62. The smallest absolute Gasteiger partial charge is 0.404 e. The number of carbonyl (C=O) groups excluding carboxylic acids is 1. The number of likely N-dealkylation sites (N-methyl/N-ethyl adjacent to an activating group) is 1. The van der Waals surface area contributed by atoms with E-state index in [-0.39, 0.29) is 23.1 Å². The second kappa shape index (κ2) is 9.33. The van der Waals surface area contributed by atoms with E-state index < -0.39 is 12.1 Å². The molecular weight excluding hydrogens is 463 g/mol. The number of aromatic nitrogens is 4. The van der Waals surface area contributed by atoms with Crippen molar-refractivity contribution >= 4 is 28.7 Å². The fourth-order valence-corrected chi connectivity index (χ4v) is 4.62. The molecule has 1 aromatic carbocycles. The minimum Gasteiger partial charge on any atom is -0.404 e. The Kier molecular flexibility index (Phi) is 6.22. The maximum Gasteiger partial charge on any atom is 0.573 e. The highest BCUT2D eigenvalue weighted by Gasteiger charge is 2.33. The largest absolute Gasteiger partial charge is 0.573 e. The number of rotatable bonds is 5. The summed E-state index contributed by atoms with van der Waals surface area (Å²) in [5, 5.41) is 2.83. The number of nitrogens with zero attached hydrogens (tertiary/aromatic N) is 6. The molecule has 35 heavy (non-hydrogen) atoms. The van der Waals surface area contributed by atoms with Gasteiger partial charge in [-0.25, -0.2) is 9.97 Å². The normalized spacial score (nSPS) is 17.8. The number of hydrogen-bond acceptors (Lipinski definition) is 7. The number of benzene rings is 1. The van der Waals surface area contributed by atoms with E-state index in [0.29, 0.717) is 43.4 Å². The lowest BCUT2D eigenvalue weighted by Crippen LogP contribution is -2.47. The molecule has 1 N–H and O–H groups in total. The van der Waals surface area contributed by atoms with Gasteiger partial charge in [-0.15, -0.1) is 13.2 Å². The van der Waals surface area contributed by atoms with Crippen molar-refractivity contribution in [1.29, 1.82) is 0 Å². The highest BCUT2D eigenvalue weighted by atomic mass is 19.4. The van der Waals surface area contributed by atoms with E-state index in [9.17, 15) is 18.0 Å². The highest BCUT2D eigenvalue weighted by molar-refractivity contribution is 5.95. The van der Waals surface area contributed by atoms with Crippen LogP contribution in [0.4, 0.5) is 24.8 Å². The third-order valence-electron chi connectivity index (χ3n) is 6.53. The van der Waals surface area contributed by atoms with Crippen molar-refractivity contribution in [3.8, 4) is 5.75 Å². The molecule has 3 heterocycles. The molecule has 9 nitrogen and oxygen atoms in total. The highest BCUT2D eigenvalue weighted by Crippen LogP contribution is 2.34. The summed E-state index contributed by atoms with van der Waals surface area (Å²) >= 11 is 0. The lowest BCUT2D eigenvalue weighted by atomic mass is 10.1. The van der Waals surface area contributed by atoms with Gasteiger partial charge in [0, 0.05) is 37.8 Å². The zero-order valence-corrected chi connectivity index (χ0v) is 19.3. The van der Waals surface area contributed by atoms with E-state index in [1.54, 1.807) is 11.2 Å². The summed E-state index contributed by atoms with van der Waals surface area (Å²) in [6, 6.07) is 4.27. The average Bonchev–Trinajstić information content (AvgIpc) is 3.49. The summed E-state index contributed by atoms with van der Waals surface area (Å²) in [5.74, 6) is -0.747. The van der Waals surface area contributed by atoms with Gasteiger partial charge in [0.05, 0.1) is 18.2 Å². The molecular formula is C23H26F3N7O2. The maximum absolute atomic E-state index is 13.2. The van der Waals surface area contributed by atoms with Crippen LogP contribution < -0.4 is 10.1 Å². The van der Waals surface area contributed by atoms with Gasteiger partial charge >= 0.3 is 6.36 Å². The molecule has 2 aromatic heterocycles. The first-order valence-electron chi connectivity index (χ1n) is 11.6. The molecule has 0 unspecified atom stereocenters. The van der Waals surface area contributed by atoms with Crippen molar-refractivity contribution in [2.45, 2.75) is 38.1 Å². The Morgan fingerprint density at radius 2 is 1.86 bits per heavy atom. The van der Waals surface area contributed by atoms with Gasteiger partial charge in [-0.3, -0.25) is 4.79 Å².